The monoisotopic (exact) mass is 358 g/mol. The van der Waals surface area contributed by atoms with Gasteiger partial charge in [0, 0.05) is 13.1 Å². The second kappa shape index (κ2) is 7.71. The van der Waals surface area contributed by atoms with Crippen molar-refractivity contribution in [2.75, 3.05) is 45.8 Å². The first-order valence-corrected chi connectivity index (χ1v) is 8.15. The van der Waals surface area contributed by atoms with E-state index in [9.17, 15) is 9.59 Å². The third kappa shape index (κ3) is 3.80. The smallest absolute Gasteiger partial charge is 0.348 e. The van der Waals surface area contributed by atoms with Crippen LogP contribution in [0, 0.1) is 6.92 Å². The number of morpholine rings is 1. The van der Waals surface area contributed by atoms with Gasteiger partial charge in [0.1, 0.15) is 9.88 Å². The summed E-state index contributed by atoms with van der Waals surface area (Å²) in [6.07, 6.45) is 0. The highest BCUT2D eigenvalue weighted by atomic mass is 32.1. The van der Waals surface area contributed by atoms with Crippen molar-refractivity contribution >= 4 is 45.6 Å². The van der Waals surface area contributed by atoms with Crippen LogP contribution in [0.25, 0.3) is 0 Å². The highest BCUT2D eigenvalue weighted by molar-refractivity contribution is 7.80. The van der Waals surface area contributed by atoms with E-state index in [-0.39, 0.29) is 0 Å². The van der Waals surface area contributed by atoms with Gasteiger partial charge in [0.05, 0.1) is 33.0 Å². The molecule has 9 heteroatoms. The Morgan fingerprint density at radius 1 is 1.22 bits per heavy atom. The lowest BCUT2D eigenvalue weighted by Crippen LogP contribution is -2.42. The molecule has 23 heavy (non-hydrogen) atoms. The Bertz CT molecular complexity index is 623. The molecule has 0 unspecified atom stereocenters. The second-order valence-electron chi connectivity index (χ2n) is 4.77. The number of hydrogen-bond donors (Lipinski definition) is 1. The fourth-order valence-electron chi connectivity index (χ4n) is 2.18. The van der Waals surface area contributed by atoms with Gasteiger partial charge in [-0.15, -0.1) is 11.3 Å². The predicted molar refractivity (Wildman–Crippen MR) is 90.3 cm³/mol. The first-order valence-electron chi connectivity index (χ1n) is 6.93. The molecule has 0 aliphatic carbocycles. The number of carbonyl (C=O) groups is 2. The number of thiophene rings is 1. The van der Waals surface area contributed by atoms with Crippen molar-refractivity contribution in [2.24, 2.45) is 0 Å². The van der Waals surface area contributed by atoms with E-state index < -0.39 is 11.9 Å². The van der Waals surface area contributed by atoms with Crippen molar-refractivity contribution in [3.63, 3.8) is 0 Å². The van der Waals surface area contributed by atoms with Crippen LogP contribution in [0.4, 0.5) is 5.00 Å². The van der Waals surface area contributed by atoms with Crippen molar-refractivity contribution in [1.82, 2.24) is 4.90 Å². The average molecular weight is 358 g/mol. The Labute approximate surface area is 143 Å². The van der Waals surface area contributed by atoms with Crippen LogP contribution in [0.2, 0.25) is 0 Å². The van der Waals surface area contributed by atoms with Crippen LogP contribution in [0.5, 0.6) is 0 Å². The summed E-state index contributed by atoms with van der Waals surface area (Å²) in [5.41, 5.74) is 0.814. The summed E-state index contributed by atoms with van der Waals surface area (Å²) in [6, 6.07) is 0. The third-order valence-corrected chi connectivity index (χ3v) is 4.97. The predicted octanol–water partition coefficient (Wildman–Crippen LogP) is 1.66. The SMILES string of the molecule is COC(=O)c1sc(NC(=S)N2CCOCC2)c(C(=O)OC)c1C. The Morgan fingerprint density at radius 2 is 1.83 bits per heavy atom. The van der Waals surface area contributed by atoms with Crippen LogP contribution in [0.3, 0.4) is 0 Å². The molecule has 1 aliphatic rings. The lowest BCUT2D eigenvalue weighted by molar-refractivity contribution is 0.0601. The standard InChI is InChI=1S/C14H18N2O5S2/c1-8-9(12(17)19-2)11(23-10(8)13(18)20-3)15-14(22)16-4-6-21-7-5-16/h4-7H2,1-3H3,(H,15,22). The van der Waals surface area contributed by atoms with Gasteiger partial charge < -0.3 is 24.4 Å². The number of ether oxygens (including phenoxy) is 3. The summed E-state index contributed by atoms with van der Waals surface area (Å²) < 4.78 is 14.8. The molecular weight excluding hydrogens is 340 g/mol. The molecule has 0 saturated carbocycles. The van der Waals surface area contributed by atoms with Gasteiger partial charge >= 0.3 is 11.9 Å². The molecule has 1 N–H and O–H groups in total. The number of nitrogens with one attached hydrogen (secondary N) is 1. The number of rotatable bonds is 3. The summed E-state index contributed by atoms with van der Waals surface area (Å²) in [4.78, 5) is 26.2. The topological polar surface area (TPSA) is 77.1 Å². The number of esters is 2. The molecule has 126 valence electrons. The van der Waals surface area contributed by atoms with Gasteiger partial charge in [0.15, 0.2) is 5.11 Å². The highest BCUT2D eigenvalue weighted by Gasteiger charge is 2.27. The van der Waals surface area contributed by atoms with Gasteiger partial charge in [0.2, 0.25) is 0 Å². The summed E-state index contributed by atoms with van der Waals surface area (Å²) in [6.45, 7) is 4.23. The van der Waals surface area contributed by atoms with Crippen LogP contribution in [-0.2, 0) is 14.2 Å². The molecule has 1 fully saturated rings. The molecule has 1 aromatic rings. The lowest BCUT2D eigenvalue weighted by Gasteiger charge is -2.29. The van der Waals surface area contributed by atoms with Crippen molar-refractivity contribution in [2.45, 2.75) is 6.92 Å². The van der Waals surface area contributed by atoms with E-state index in [1.54, 1.807) is 6.92 Å². The summed E-state index contributed by atoms with van der Waals surface area (Å²) in [5.74, 6) is -1.02. The minimum Gasteiger partial charge on any atom is -0.465 e. The van der Waals surface area contributed by atoms with Gasteiger partial charge in [-0.25, -0.2) is 9.59 Å². The van der Waals surface area contributed by atoms with Crippen LogP contribution in [0.15, 0.2) is 0 Å². The number of methoxy groups -OCH3 is 2. The van der Waals surface area contributed by atoms with E-state index in [0.717, 1.165) is 11.3 Å². The van der Waals surface area contributed by atoms with E-state index in [0.29, 0.717) is 52.4 Å². The largest absolute Gasteiger partial charge is 0.465 e. The molecule has 0 amide bonds. The molecule has 1 aromatic heterocycles. The van der Waals surface area contributed by atoms with Gasteiger partial charge in [-0.3, -0.25) is 0 Å². The zero-order chi connectivity index (χ0) is 17.0. The fraction of sp³-hybridized carbons (Fsp3) is 0.500. The number of nitrogens with zero attached hydrogens (tertiary/aromatic N) is 1. The first-order chi connectivity index (χ1) is 11.0. The Kier molecular flexibility index (Phi) is 5.91. The van der Waals surface area contributed by atoms with Gasteiger partial charge in [-0.1, -0.05) is 0 Å². The van der Waals surface area contributed by atoms with Crippen molar-refractivity contribution in [3.8, 4) is 0 Å². The third-order valence-electron chi connectivity index (χ3n) is 3.43. The maximum absolute atomic E-state index is 12.1. The Hall–Kier alpha value is -1.71. The molecule has 1 saturated heterocycles. The maximum atomic E-state index is 12.1. The number of carbonyl (C=O) groups excluding carboxylic acids is 2. The number of thiocarbonyl (C=S) groups is 1. The van der Waals surface area contributed by atoms with Gasteiger partial charge in [0.25, 0.3) is 0 Å². The van der Waals surface area contributed by atoms with Crippen LogP contribution < -0.4 is 5.32 Å². The van der Waals surface area contributed by atoms with E-state index in [1.165, 1.54) is 14.2 Å². The van der Waals surface area contributed by atoms with E-state index in [4.69, 9.17) is 26.4 Å². The molecule has 0 atom stereocenters. The molecule has 7 nitrogen and oxygen atoms in total. The molecule has 2 heterocycles. The summed E-state index contributed by atoms with van der Waals surface area (Å²) in [5, 5.41) is 4.01. The number of hydrogen-bond acceptors (Lipinski definition) is 7. The van der Waals surface area contributed by atoms with Crippen LogP contribution in [0.1, 0.15) is 25.6 Å². The zero-order valence-electron chi connectivity index (χ0n) is 13.1. The first kappa shape index (κ1) is 17.6. The van der Waals surface area contributed by atoms with Gasteiger partial charge in [-0.05, 0) is 24.7 Å². The fourth-order valence-corrected chi connectivity index (χ4v) is 3.64. The summed E-state index contributed by atoms with van der Waals surface area (Å²) in [7, 11) is 2.59. The van der Waals surface area contributed by atoms with Crippen LogP contribution in [-0.4, -0.2) is 62.5 Å². The molecule has 0 bridgehead atoms. The van der Waals surface area contributed by atoms with Crippen molar-refractivity contribution in [3.05, 3.63) is 16.0 Å². The maximum Gasteiger partial charge on any atom is 0.348 e. The minimum absolute atomic E-state index is 0.300. The summed E-state index contributed by atoms with van der Waals surface area (Å²) >= 11 is 6.51. The normalized spacial score (nSPS) is 14.3. The Balaban J connectivity index is 2.30. The molecule has 2 rings (SSSR count). The van der Waals surface area contributed by atoms with Crippen molar-refractivity contribution < 1.29 is 23.8 Å². The lowest BCUT2D eigenvalue weighted by atomic mass is 10.1. The zero-order valence-corrected chi connectivity index (χ0v) is 14.8. The molecule has 0 aromatic carbocycles. The van der Waals surface area contributed by atoms with Crippen LogP contribution >= 0.6 is 23.6 Å². The average Bonchev–Trinajstić information content (AvgIpc) is 2.90. The van der Waals surface area contributed by atoms with E-state index in [1.807, 2.05) is 4.90 Å². The molecular formula is C14H18N2O5S2. The quantitative estimate of drug-likeness (QED) is 0.646. The molecule has 0 radical (unpaired) electrons. The van der Waals surface area contributed by atoms with Gasteiger partial charge in [-0.2, -0.15) is 0 Å². The van der Waals surface area contributed by atoms with Crippen molar-refractivity contribution in [1.29, 1.82) is 0 Å². The molecule has 1 aliphatic heterocycles. The number of anilines is 1. The molecule has 0 spiro atoms. The minimum atomic E-state index is -0.527. The Morgan fingerprint density at radius 3 is 2.39 bits per heavy atom. The van der Waals surface area contributed by atoms with E-state index >= 15 is 0 Å². The highest BCUT2D eigenvalue weighted by Crippen LogP contribution is 2.34. The van der Waals surface area contributed by atoms with E-state index in [2.05, 4.69) is 5.32 Å². The second-order valence-corrected chi connectivity index (χ2v) is 6.18.